The molecule has 2 aliphatic heterocycles. The van der Waals surface area contributed by atoms with E-state index >= 15 is 0 Å². The minimum Gasteiger partial charge on any atom is -0.335 e. The van der Waals surface area contributed by atoms with Crippen LogP contribution in [0.2, 0.25) is 0 Å². The van der Waals surface area contributed by atoms with Crippen molar-refractivity contribution in [2.45, 2.75) is 38.3 Å². The zero-order valence-corrected chi connectivity index (χ0v) is 15.1. The highest BCUT2D eigenvalue weighted by Gasteiger charge is 2.48. The van der Waals surface area contributed by atoms with Crippen LogP contribution in [0.3, 0.4) is 0 Å². The Bertz CT molecular complexity index is 750. The van der Waals surface area contributed by atoms with Gasteiger partial charge in [-0.3, -0.25) is 14.6 Å². The molecule has 2 amide bonds. The molecule has 25 heavy (non-hydrogen) atoms. The second-order valence-electron chi connectivity index (χ2n) is 6.59. The summed E-state index contributed by atoms with van der Waals surface area (Å²) in [7, 11) is -3.23. The van der Waals surface area contributed by atoms with E-state index in [0.717, 1.165) is 5.56 Å². The van der Waals surface area contributed by atoms with Gasteiger partial charge in [-0.25, -0.2) is 8.42 Å². The van der Waals surface area contributed by atoms with E-state index in [-0.39, 0.29) is 23.3 Å². The van der Waals surface area contributed by atoms with E-state index in [0.29, 0.717) is 32.4 Å². The molecule has 2 fully saturated rings. The van der Waals surface area contributed by atoms with Gasteiger partial charge in [0.2, 0.25) is 11.8 Å². The van der Waals surface area contributed by atoms with Crippen molar-refractivity contribution >= 4 is 21.7 Å². The summed E-state index contributed by atoms with van der Waals surface area (Å²) in [6, 6.07) is 2.91. The topological polar surface area (TPSA) is 87.7 Å². The number of rotatable bonds is 4. The number of pyridine rings is 1. The number of amides is 2. The lowest BCUT2D eigenvalue weighted by Crippen LogP contribution is -2.61. The number of hydrogen-bond acceptors (Lipinski definition) is 5. The molecule has 2 atom stereocenters. The third-order valence-corrected chi connectivity index (χ3v) is 6.69. The Morgan fingerprint density at radius 2 is 1.64 bits per heavy atom. The van der Waals surface area contributed by atoms with Crippen molar-refractivity contribution in [3.63, 3.8) is 0 Å². The Labute approximate surface area is 147 Å². The summed E-state index contributed by atoms with van der Waals surface area (Å²) in [6.07, 6.45) is 4.65. The average molecular weight is 365 g/mol. The standard InChI is InChI=1S/C17H23N3O4S/c1-2-16(21)19-9-10-20(15-12-25(23,24)11-14(15)19)17(22)4-3-13-5-7-18-8-6-13/h5-8,14-15H,2-4,9-12H2,1H3/t14-,15+/m1/s1. The monoisotopic (exact) mass is 365 g/mol. The number of aromatic nitrogens is 1. The molecule has 0 aliphatic carbocycles. The van der Waals surface area contributed by atoms with Gasteiger partial charge in [0.05, 0.1) is 23.6 Å². The van der Waals surface area contributed by atoms with Crippen LogP contribution in [-0.4, -0.2) is 71.7 Å². The molecule has 0 N–H and O–H groups in total. The second kappa shape index (κ2) is 7.11. The van der Waals surface area contributed by atoms with E-state index in [9.17, 15) is 18.0 Å². The third kappa shape index (κ3) is 3.84. The van der Waals surface area contributed by atoms with Gasteiger partial charge in [-0.2, -0.15) is 0 Å². The zero-order valence-electron chi connectivity index (χ0n) is 14.3. The quantitative estimate of drug-likeness (QED) is 0.764. The van der Waals surface area contributed by atoms with Crippen LogP contribution in [0.1, 0.15) is 25.3 Å². The molecular formula is C17H23N3O4S. The first-order chi connectivity index (χ1) is 11.9. The summed E-state index contributed by atoms with van der Waals surface area (Å²) in [6.45, 7) is 2.58. The van der Waals surface area contributed by atoms with E-state index in [1.165, 1.54) is 0 Å². The number of fused-ring (bicyclic) bond motifs is 1. The Kier molecular flexibility index (Phi) is 5.08. The summed E-state index contributed by atoms with van der Waals surface area (Å²) in [5.41, 5.74) is 1.03. The zero-order chi connectivity index (χ0) is 18.0. The van der Waals surface area contributed by atoms with Gasteiger partial charge in [-0.15, -0.1) is 0 Å². The number of aryl methyl sites for hydroxylation is 1. The SMILES string of the molecule is CCC(=O)N1CCN(C(=O)CCc2ccncc2)[C@H]2CS(=O)(=O)C[C@H]21. The minimum atomic E-state index is -3.23. The molecule has 2 saturated heterocycles. The highest BCUT2D eigenvalue weighted by Crippen LogP contribution is 2.28. The van der Waals surface area contributed by atoms with Crippen LogP contribution in [0, 0.1) is 0 Å². The third-order valence-electron chi connectivity index (χ3n) is 5.00. The smallest absolute Gasteiger partial charge is 0.223 e. The number of carbonyl (C=O) groups is 2. The van der Waals surface area contributed by atoms with Crippen LogP contribution < -0.4 is 0 Å². The lowest BCUT2D eigenvalue weighted by Gasteiger charge is -2.44. The molecule has 3 heterocycles. The molecule has 1 aromatic heterocycles. The maximum Gasteiger partial charge on any atom is 0.223 e. The van der Waals surface area contributed by atoms with E-state index < -0.39 is 21.9 Å². The van der Waals surface area contributed by atoms with Crippen LogP contribution in [-0.2, 0) is 25.8 Å². The average Bonchev–Trinajstić information content (AvgIpc) is 2.93. The highest BCUT2D eigenvalue weighted by molar-refractivity contribution is 7.91. The van der Waals surface area contributed by atoms with Crippen LogP contribution in [0.15, 0.2) is 24.5 Å². The Hall–Kier alpha value is -1.96. The maximum absolute atomic E-state index is 12.7. The van der Waals surface area contributed by atoms with Crippen molar-refractivity contribution in [3.05, 3.63) is 30.1 Å². The van der Waals surface area contributed by atoms with Gasteiger partial charge in [0.1, 0.15) is 0 Å². The van der Waals surface area contributed by atoms with Gasteiger partial charge in [-0.1, -0.05) is 6.92 Å². The molecule has 8 heteroatoms. The Balaban J connectivity index is 1.72. The molecule has 0 saturated carbocycles. The van der Waals surface area contributed by atoms with Gasteiger partial charge >= 0.3 is 0 Å². The Morgan fingerprint density at radius 1 is 1.08 bits per heavy atom. The number of piperazine rings is 1. The molecule has 0 aromatic carbocycles. The van der Waals surface area contributed by atoms with Crippen LogP contribution >= 0.6 is 0 Å². The van der Waals surface area contributed by atoms with E-state index in [1.54, 1.807) is 29.1 Å². The van der Waals surface area contributed by atoms with Crippen molar-refractivity contribution in [2.24, 2.45) is 0 Å². The van der Waals surface area contributed by atoms with E-state index in [2.05, 4.69) is 4.98 Å². The second-order valence-corrected chi connectivity index (χ2v) is 8.75. The summed E-state index contributed by atoms with van der Waals surface area (Å²) in [5.74, 6) is -0.188. The van der Waals surface area contributed by atoms with Gasteiger partial charge in [0.25, 0.3) is 0 Å². The van der Waals surface area contributed by atoms with E-state index in [4.69, 9.17) is 0 Å². The normalized spacial score (nSPS) is 24.8. The lowest BCUT2D eigenvalue weighted by atomic mass is 10.0. The van der Waals surface area contributed by atoms with Crippen molar-refractivity contribution in [2.75, 3.05) is 24.6 Å². The first kappa shape index (κ1) is 17.8. The molecule has 3 rings (SSSR count). The van der Waals surface area contributed by atoms with Crippen molar-refractivity contribution in [1.29, 1.82) is 0 Å². The fourth-order valence-electron chi connectivity index (χ4n) is 3.72. The molecule has 7 nitrogen and oxygen atoms in total. The van der Waals surface area contributed by atoms with Gasteiger partial charge in [-0.05, 0) is 24.1 Å². The highest BCUT2D eigenvalue weighted by atomic mass is 32.2. The summed E-state index contributed by atoms with van der Waals surface area (Å²) in [5, 5.41) is 0. The largest absolute Gasteiger partial charge is 0.335 e. The molecule has 1 aromatic rings. The molecule has 0 spiro atoms. The van der Waals surface area contributed by atoms with Crippen LogP contribution in [0.5, 0.6) is 0 Å². The number of hydrogen-bond donors (Lipinski definition) is 0. The predicted octanol–water partition coefficient (Wildman–Crippen LogP) is 0.261. The number of sulfone groups is 1. The maximum atomic E-state index is 12.7. The molecule has 136 valence electrons. The predicted molar refractivity (Wildman–Crippen MR) is 92.5 cm³/mol. The number of nitrogens with zero attached hydrogens (tertiary/aromatic N) is 3. The van der Waals surface area contributed by atoms with Gasteiger partial charge < -0.3 is 9.80 Å². The summed E-state index contributed by atoms with van der Waals surface area (Å²) < 4.78 is 24.2. The van der Waals surface area contributed by atoms with Crippen molar-refractivity contribution in [1.82, 2.24) is 14.8 Å². The molecule has 0 radical (unpaired) electrons. The molecular weight excluding hydrogens is 342 g/mol. The van der Waals surface area contributed by atoms with Crippen LogP contribution in [0.25, 0.3) is 0 Å². The summed E-state index contributed by atoms with van der Waals surface area (Å²) in [4.78, 5) is 32.1. The first-order valence-corrected chi connectivity index (χ1v) is 10.4. The van der Waals surface area contributed by atoms with Crippen LogP contribution in [0.4, 0.5) is 0 Å². The molecule has 0 unspecified atom stereocenters. The molecule has 0 bridgehead atoms. The van der Waals surface area contributed by atoms with Crippen molar-refractivity contribution in [3.8, 4) is 0 Å². The number of carbonyl (C=O) groups excluding carboxylic acids is 2. The minimum absolute atomic E-state index is 0.0441. The first-order valence-electron chi connectivity index (χ1n) is 8.59. The van der Waals surface area contributed by atoms with Gasteiger partial charge in [0.15, 0.2) is 9.84 Å². The Morgan fingerprint density at radius 3 is 2.20 bits per heavy atom. The molecule has 2 aliphatic rings. The fourth-order valence-corrected chi connectivity index (χ4v) is 5.70. The lowest BCUT2D eigenvalue weighted by molar-refractivity contribution is -0.145. The summed E-state index contributed by atoms with van der Waals surface area (Å²) >= 11 is 0. The van der Waals surface area contributed by atoms with Crippen molar-refractivity contribution < 1.29 is 18.0 Å². The van der Waals surface area contributed by atoms with Gasteiger partial charge in [0, 0.05) is 38.3 Å². The van der Waals surface area contributed by atoms with E-state index in [1.807, 2.05) is 12.1 Å². The fraction of sp³-hybridized carbons (Fsp3) is 0.588.